The van der Waals surface area contributed by atoms with Crippen molar-refractivity contribution < 1.29 is 0 Å². The molecule has 0 unspecified atom stereocenters. The number of allylic oxidation sites excluding steroid dienone is 2. The van der Waals surface area contributed by atoms with Crippen molar-refractivity contribution in [2.45, 2.75) is 20.8 Å². The van der Waals surface area contributed by atoms with Crippen molar-refractivity contribution in [1.82, 2.24) is 0 Å². The zero-order valence-corrected chi connectivity index (χ0v) is 8.39. The molecule has 0 saturated heterocycles. The van der Waals surface area contributed by atoms with Gasteiger partial charge in [-0.1, -0.05) is 27.4 Å². The van der Waals surface area contributed by atoms with Crippen LogP contribution in [0.15, 0.2) is 28.9 Å². The van der Waals surface area contributed by atoms with Crippen LogP contribution in [0.5, 0.6) is 0 Å². The summed E-state index contributed by atoms with van der Waals surface area (Å²) in [7, 11) is 1.74. The van der Waals surface area contributed by atoms with Crippen LogP contribution in [0.25, 0.3) is 0 Å². The van der Waals surface area contributed by atoms with Crippen LogP contribution in [0, 0.1) is 5.41 Å². The number of rotatable bonds is 2. The van der Waals surface area contributed by atoms with Gasteiger partial charge in [0, 0.05) is 19.0 Å². The van der Waals surface area contributed by atoms with Crippen molar-refractivity contribution in [2.75, 3.05) is 7.05 Å². The van der Waals surface area contributed by atoms with Crippen molar-refractivity contribution >= 4 is 6.21 Å². The number of nitrogens with two attached hydrogens (primary N) is 1. The molecule has 2 nitrogen and oxygen atoms in total. The first-order valence-electron chi connectivity index (χ1n) is 3.98. The van der Waals surface area contributed by atoms with Gasteiger partial charge in [-0.2, -0.15) is 0 Å². The van der Waals surface area contributed by atoms with Gasteiger partial charge in [0.2, 0.25) is 0 Å². The Hall–Kier alpha value is -1.05. The molecule has 0 aromatic heterocycles. The van der Waals surface area contributed by atoms with Gasteiger partial charge in [-0.15, -0.1) is 0 Å². The van der Waals surface area contributed by atoms with Crippen molar-refractivity contribution in [3.63, 3.8) is 0 Å². The molecule has 68 valence electrons. The SMILES string of the molecule is C=CC(N)=C(C=NC)C(C)(C)C. The molecule has 12 heavy (non-hydrogen) atoms. The fourth-order valence-corrected chi connectivity index (χ4v) is 0.940. The summed E-state index contributed by atoms with van der Waals surface area (Å²) in [6.07, 6.45) is 3.44. The fourth-order valence-electron chi connectivity index (χ4n) is 0.940. The van der Waals surface area contributed by atoms with Crippen LogP contribution >= 0.6 is 0 Å². The Balaban J connectivity index is 5.05. The third-order valence-corrected chi connectivity index (χ3v) is 1.60. The summed E-state index contributed by atoms with van der Waals surface area (Å²) in [4.78, 5) is 3.96. The van der Waals surface area contributed by atoms with Crippen LogP contribution in [0.3, 0.4) is 0 Å². The number of aliphatic imine (C=N–C) groups is 1. The molecule has 0 rings (SSSR count). The summed E-state index contributed by atoms with van der Waals surface area (Å²) < 4.78 is 0. The second-order valence-corrected chi connectivity index (χ2v) is 3.71. The van der Waals surface area contributed by atoms with E-state index in [9.17, 15) is 0 Å². The Morgan fingerprint density at radius 2 is 1.92 bits per heavy atom. The number of hydrogen-bond acceptors (Lipinski definition) is 2. The second kappa shape index (κ2) is 4.10. The van der Waals surface area contributed by atoms with E-state index in [0.717, 1.165) is 5.57 Å². The summed E-state index contributed by atoms with van der Waals surface area (Å²) in [5, 5.41) is 0. The van der Waals surface area contributed by atoms with Gasteiger partial charge in [0.05, 0.1) is 0 Å². The Labute approximate surface area is 74.9 Å². The highest BCUT2D eigenvalue weighted by molar-refractivity contribution is 5.81. The minimum absolute atomic E-state index is 0.0256. The average Bonchev–Trinajstić information content (AvgIpc) is 1.96. The van der Waals surface area contributed by atoms with Crippen molar-refractivity contribution in [2.24, 2.45) is 16.1 Å². The van der Waals surface area contributed by atoms with Crippen LogP contribution < -0.4 is 5.73 Å². The lowest BCUT2D eigenvalue weighted by Crippen LogP contribution is -2.16. The molecule has 0 aromatic carbocycles. The lowest BCUT2D eigenvalue weighted by atomic mass is 9.86. The molecule has 0 heterocycles. The van der Waals surface area contributed by atoms with Crippen LogP contribution in [0.4, 0.5) is 0 Å². The predicted octanol–water partition coefficient (Wildman–Crippen LogP) is 2.13. The van der Waals surface area contributed by atoms with E-state index in [0.29, 0.717) is 5.70 Å². The normalized spacial score (nSPS) is 14.7. The van der Waals surface area contributed by atoms with Gasteiger partial charge in [-0.25, -0.2) is 0 Å². The van der Waals surface area contributed by atoms with Crippen molar-refractivity contribution in [3.05, 3.63) is 23.9 Å². The van der Waals surface area contributed by atoms with Gasteiger partial charge in [0.1, 0.15) is 0 Å². The Morgan fingerprint density at radius 1 is 1.42 bits per heavy atom. The van der Waals surface area contributed by atoms with Gasteiger partial charge in [0.15, 0.2) is 0 Å². The molecule has 2 N–H and O–H groups in total. The molecule has 0 fully saturated rings. The van der Waals surface area contributed by atoms with Gasteiger partial charge in [-0.3, -0.25) is 4.99 Å². The van der Waals surface area contributed by atoms with E-state index >= 15 is 0 Å². The van der Waals surface area contributed by atoms with Crippen LogP contribution in [0.2, 0.25) is 0 Å². The lowest BCUT2D eigenvalue weighted by molar-refractivity contribution is 0.522. The van der Waals surface area contributed by atoms with Crippen molar-refractivity contribution in [1.29, 1.82) is 0 Å². The lowest BCUT2D eigenvalue weighted by Gasteiger charge is -2.20. The smallest absolute Gasteiger partial charge is 0.0361 e. The van der Waals surface area contributed by atoms with E-state index in [1.807, 2.05) is 0 Å². The molecule has 0 radical (unpaired) electrons. The molecular formula is C10H18N2. The number of hydrogen-bond donors (Lipinski definition) is 1. The summed E-state index contributed by atoms with van der Waals surface area (Å²) in [5.41, 5.74) is 7.52. The van der Waals surface area contributed by atoms with Gasteiger partial charge in [-0.05, 0) is 17.1 Å². The van der Waals surface area contributed by atoms with E-state index in [4.69, 9.17) is 5.73 Å². The zero-order chi connectivity index (χ0) is 9.78. The molecule has 0 aromatic rings. The first-order chi connectivity index (χ1) is 5.43. The van der Waals surface area contributed by atoms with E-state index < -0.39 is 0 Å². The fraction of sp³-hybridized carbons (Fsp3) is 0.500. The van der Waals surface area contributed by atoms with E-state index in [-0.39, 0.29) is 5.41 Å². The monoisotopic (exact) mass is 166 g/mol. The summed E-state index contributed by atoms with van der Waals surface area (Å²) in [6, 6.07) is 0. The van der Waals surface area contributed by atoms with Crippen LogP contribution in [-0.2, 0) is 0 Å². The molecular weight excluding hydrogens is 148 g/mol. The summed E-state index contributed by atoms with van der Waals surface area (Å²) in [5.74, 6) is 0. The quantitative estimate of drug-likeness (QED) is 0.495. The average molecular weight is 166 g/mol. The Morgan fingerprint density at radius 3 is 2.17 bits per heavy atom. The maximum Gasteiger partial charge on any atom is 0.0361 e. The van der Waals surface area contributed by atoms with Gasteiger partial charge >= 0.3 is 0 Å². The Kier molecular flexibility index (Phi) is 3.74. The highest BCUT2D eigenvalue weighted by Gasteiger charge is 2.17. The maximum atomic E-state index is 5.76. The minimum atomic E-state index is 0.0256. The molecule has 0 bridgehead atoms. The van der Waals surface area contributed by atoms with E-state index in [1.54, 1.807) is 19.3 Å². The first kappa shape index (κ1) is 11.0. The topological polar surface area (TPSA) is 38.4 Å². The van der Waals surface area contributed by atoms with E-state index in [1.165, 1.54) is 0 Å². The molecule has 0 amide bonds. The third-order valence-electron chi connectivity index (χ3n) is 1.60. The van der Waals surface area contributed by atoms with Crippen molar-refractivity contribution in [3.8, 4) is 0 Å². The molecule has 0 aliphatic carbocycles. The molecule has 0 aliphatic heterocycles. The maximum absolute atomic E-state index is 5.76. The largest absolute Gasteiger partial charge is 0.398 e. The van der Waals surface area contributed by atoms with Gasteiger partial charge in [0.25, 0.3) is 0 Å². The van der Waals surface area contributed by atoms with Gasteiger partial charge < -0.3 is 5.73 Å². The second-order valence-electron chi connectivity index (χ2n) is 3.71. The molecule has 0 saturated carbocycles. The zero-order valence-electron chi connectivity index (χ0n) is 8.39. The molecule has 0 aliphatic rings. The summed E-state index contributed by atoms with van der Waals surface area (Å²) in [6.45, 7) is 9.93. The standard InChI is InChI=1S/C10H18N2/c1-6-9(11)8(7-12-5)10(2,3)4/h6-7H,1,11H2,2-5H3. The molecule has 0 spiro atoms. The predicted molar refractivity (Wildman–Crippen MR) is 55.3 cm³/mol. The first-order valence-corrected chi connectivity index (χ1v) is 3.98. The highest BCUT2D eigenvalue weighted by atomic mass is 14.7. The molecule has 2 heteroatoms. The Bertz CT molecular complexity index is 216. The number of nitrogens with zero attached hydrogens (tertiary/aromatic N) is 1. The minimum Gasteiger partial charge on any atom is -0.398 e. The van der Waals surface area contributed by atoms with Crippen LogP contribution in [0.1, 0.15) is 20.8 Å². The highest BCUT2D eigenvalue weighted by Crippen LogP contribution is 2.25. The van der Waals surface area contributed by atoms with E-state index in [2.05, 4.69) is 32.3 Å². The summed E-state index contributed by atoms with van der Waals surface area (Å²) >= 11 is 0. The molecule has 0 atom stereocenters. The third kappa shape index (κ3) is 2.91. The van der Waals surface area contributed by atoms with Crippen LogP contribution in [-0.4, -0.2) is 13.3 Å².